The van der Waals surface area contributed by atoms with E-state index in [1.165, 1.54) is 0 Å². The lowest BCUT2D eigenvalue weighted by Gasteiger charge is -2.23. The Labute approximate surface area is 107 Å². The van der Waals surface area contributed by atoms with Crippen molar-refractivity contribution >= 4 is 39.8 Å². The normalized spacial score (nSPS) is 21.3. The van der Waals surface area contributed by atoms with Crippen molar-refractivity contribution in [2.75, 3.05) is 13.1 Å². The largest absolute Gasteiger partial charge is 0.348 e. The van der Waals surface area contributed by atoms with Crippen LogP contribution in [0, 0.1) is 2.88 Å². The van der Waals surface area contributed by atoms with E-state index in [9.17, 15) is 4.79 Å². The van der Waals surface area contributed by atoms with Gasteiger partial charge < -0.3 is 10.6 Å². The molecule has 2 N–H and O–H groups in total. The maximum absolute atomic E-state index is 11.8. The fourth-order valence-electron chi connectivity index (χ4n) is 1.67. The molecule has 1 aromatic heterocycles. The predicted molar refractivity (Wildman–Crippen MR) is 70.4 cm³/mol. The highest BCUT2D eigenvalue weighted by Gasteiger charge is 2.16. The Kier molecular flexibility index (Phi) is 3.99. The van der Waals surface area contributed by atoms with E-state index in [-0.39, 0.29) is 5.91 Å². The Bertz CT molecular complexity index is 347. The van der Waals surface area contributed by atoms with Gasteiger partial charge in [0.15, 0.2) is 0 Å². The molecule has 1 amide bonds. The highest BCUT2D eigenvalue weighted by Crippen LogP contribution is 2.16. The Morgan fingerprint density at radius 1 is 1.67 bits per heavy atom. The van der Waals surface area contributed by atoms with E-state index < -0.39 is 0 Å². The van der Waals surface area contributed by atoms with Gasteiger partial charge in [-0.1, -0.05) is 0 Å². The second kappa shape index (κ2) is 5.27. The first-order valence-electron chi connectivity index (χ1n) is 5.01. The highest BCUT2D eigenvalue weighted by molar-refractivity contribution is 14.1. The summed E-state index contributed by atoms with van der Waals surface area (Å²) >= 11 is 3.84. The minimum Gasteiger partial charge on any atom is -0.348 e. The van der Waals surface area contributed by atoms with Crippen molar-refractivity contribution in [1.29, 1.82) is 0 Å². The molecular formula is C10H13IN2OS. The Morgan fingerprint density at radius 3 is 3.13 bits per heavy atom. The van der Waals surface area contributed by atoms with Crippen LogP contribution in [0.25, 0.3) is 0 Å². The molecule has 5 heteroatoms. The Balaban J connectivity index is 1.91. The molecule has 1 fully saturated rings. The van der Waals surface area contributed by atoms with Gasteiger partial charge in [0.2, 0.25) is 0 Å². The van der Waals surface area contributed by atoms with Crippen LogP contribution in [0.1, 0.15) is 23.2 Å². The summed E-state index contributed by atoms with van der Waals surface area (Å²) in [6, 6.07) is 2.22. The van der Waals surface area contributed by atoms with Crippen LogP contribution in [0.15, 0.2) is 11.4 Å². The third-order valence-electron chi connectivity index (χ3n) is 2.46. The van der Waals surface area contributed by atoms with Crippen LogP contribution < -0.4 is 10.6 Å². The van der Waals surface area contributed by atoms with Gasteiger partial charge in [0.1, 0.15) is 0 Å². The van der Waals surface area contributed by atoms with Crippen molar-refractivity contribution in [2.24, 2.45) is 0 Å². The fraction of sp³-hybridized carbons (Fsp3) is 0.500. The molecule has 1 aliphatic rings. The van der Waals surface area contributed by atoms with Gasteiger partial charge in [0, 0.05) is 18.0 Å². The lowest BCUT2D eigenvalue weighted by Crippen LogP contribution is -2.45. The van der Waals surface area contributed by atoms with Gasteiger partial charge in [-0.05, 0) is 48.0 Å². The van der Waals surface area contributed by atoms with Gasteiger partial charge in [0.05, 0.1) is 8.45 Å². The molecule has 1 saturated heterocycles. The average Bonchev–Trinajstić information content (AvgIpc) is 2.66. The molecule has 0 aliphatic carbocycles. The molecule has 0 bridgehead atoms. The molecule has 1 unspecified atom stereocenters. The standard InChI is InChI=1S/C10H13IN2OS/c11-9-4-7(6-15-9)10(14)13-8-2-1-3-12-5-8/h4,6,8,12H,1-3,5H2,(H,13,14). The third kappa shape index (κ3) is 3.15. The number of halogens is 1. The maximum Gasteiger partial charge on any atom is 0.252 e. The number of hydrogen-bond donors (Lipinski definition) is 2. The van der Waals surface area contributed by atoms with Gasteiger partial charge in [-0.3, -0.25) is 4.79 Å². The van der Waals surface area contributed by atoms with E-state index in [0.717, 1.165) is 34.4 Å². The Hall–Kier alpha value is -0.140. The van der Waals surface area contributed by atoms with Crippen LogP contribution in [0.3, 0.4) is 0 Å². The number of piperidine rings is 1. The van der Waals surface area contributed by atoms with Crippen molar-refractivity contribution in [1.82, 2.24) is 10.6 Å². The van der Waals surface area contributed by atoms with Crippen molar-refractivity contribution in [3.05, 3.63) is 19.9 Å². The Morgan fingerprint density at radius 2 is 2.53 bits per heavy atom. The van der Waals surface area contributed by atoms with E-state index in [2.05, 4.69) is 33.2 Å². The number of hydrogen-bond acceptors (Lipinski definition) is 3. The number of rotatable bonds is 2. The molecule has 2 rings (SSSR count). The molecule has 82 valence electrons. The summed E-state index contributed by atoms with van der Waals surface area (Å²) in [5.74, 6) is 0.0582. The third-order valence-corrected chi connectivity index (χ3v) is 4.25. The smallest absolute Gasteiger partial charge is 0.252 e. The van der Waals surface area contributed by atoms with E-state index >= 15 is 0 Å². The van der Waals surface area contributed by atoms with Crippen molar-refractivity contribution in [3.8, 4) is 0 Å². The molecule has 2 heterocycles. The van der Waals surface area contributed by atoms with Gasteiger partial charge in [-0.2, -0.15) is 0 Å². The van der Waals surface area contributed by atoms with E-state index in [1.54, 1.807) is 11.3 Å². The summed E-state index contributed by atoms with van der Waals surface area (Å²) in [6.07, 6.45) is 2.23. The SMILES string of the molecule is O=C(NC1CCCNC1)c1csc(I)c1. The lowest BCUT2D eigenvalue weighted by atomic mass is 10.1. The summed E-state index contributed by atoms with van der Waals surface area (Å²) in [6.45, 7) is 1.97. The highest BCUT2D eigenvalue weighted by atomic mass is 127. The van der Waals surface area contributed by atoms with Crippen LogP contribution in [-0.2, 0) is 0 Å². The van der Waals surface area contributed by atoms with Crippen molar-refractivity contribution < 1.29 is 4.79 Å². The summed E-state index contributed by atoms with van der Waals surface area (Å²) in [4.78, 5) is 11.8. The first-order chi connectivity index (χ1) is 7.25. The zero-order valence-corrected chi connectivity index (χ0v) is 11.2. The second-order valence-corrected chi connectivity index (χ2v) is 6.46. The van der Waals surface area contributed by atoms with Crippen LogP contribution in [0.2, 0.25) is 0 Å². The number of carbonyl (C=O) groups is 1. The van der Waals surface area contributed by atoms with E-state index in [0.29, 0.717) is 6.04 Å². The number of carbonyl (C=O) groups excluding carboxylic acids is 1. The molecule has 0 aromatic carbocycles. The fourth-order valence-corrected chi connectivity index (χ4v) is 3.00. The van der Waals surface area contributed by atoms with Gasteiger partial charge in [-0.15, -0.1) is 11.3 Å². The molecule has 0 radical (unpaired) electrons. The molecule has 0 saturated carbocycles. The summed E-state index contributed by atoms with van der Waals surface area (Å²) in [5.41, 5.74) is 0.787. The molecular weight excluding hydrogens is 323 g/mol. The molecule has 1 aromatic rings. The minimum absolute atomic E-state index is 0.0582. The monoisotopic (exact) mass is 336 g/mol. The zero-order valence-electron chi connectivity index (χ0n) is 8.25. The summed E-state index contributed by atoms with van der Waals surface area (Å²) in [5, 5.41) is 8.24. The van der Waals surface area contributed by atoms with Crippen molar-refractivity contribution in [2.45, 2.75) is 18.9 Å². The van der Waals surface area contributed by atoms with E-state index in [1.807, 2.05) is 11.4 Å². The maximum atomic E-state index is 11.8. The molecule has 3 nitrogen and oxygen atoms in total. The van der Waals surface area contributed by atoms with Gasteiger partial charge in [0.25, 0.3) is 5.91 Å². The lowest BCUT2D eigenvalue weighted by molar-refractivity contribution is 0.0931. The zero-order chi connectivity index (χ0) is 10.7. The molecule has 0 spiro atoms. The molecule has 15 heavy (non-hydrogen) atoms. The topological polar surface area (TPSA) is 41.1 Å². The average molecular weight is 336 g/mol. The summed E-state index contributed by atoms with van der Waals surface area (Å²) < 4.78 is 1.15. The van der Waals surface area contributed by atoms with Gasteiger partial charge in [-0.25, -0.2) is 0 Å². The predicted octanol–water partition coefficient (Wildman–Crippen LogP) is 1.83. The van der Waals surface area contributed by atoms with E-state index in [4.69, 9.17) is 0 Å². The van der Waals surface area contributed by atoms with Crippen LogP contribution in [0.4, 0.5) is 0 Å². The summed E-state index contributed by atoms with van der Waals surface area (Å²) in [7, 11) is 0. The second-order valence-electron chi connectivity index (χ2n) is 3.66. The van der Waals surface area contributed by atoms with Crippen LogP contribution >= 0.6 is 33.9 Å². The number of nitrogens with one attached hydrogen (secondary N) is 2. The first kappa shape index (κ1) is 11.3. The minimum atomic E-state index is 0.0582. The van der Waals surface area contributed by atoms with Gasteiger partial charge >= 0.3 is 0 Å². The quantitative estimate of drug-likeness (QED) is 0.809. The molecule has 1 atom stereocenters. The van der Waals surface area contributed by atoms with Crippen molar-refractivity contribution in [3.63, 3.8) is 0 Å². The van der Waals surface area contributed by atoms with Crippen LogP contribution in [0.5, 0.6) is 0 Å². The number of thiophene rings is 1. The van der Waals surface area contributed by atoms with Crippen LogP contribution in [-0.4, -0.2) is 25.0 Å². The molecule has 1 aliphatic heterocycles. The first-order valence-corrected chi connectivity index (χ1v) is 6.97. The number of amides is 1.